The smallest absolute Gasteiger partial charge is 0.288 e. The zero-order valence-electron chi connectivity index (χ0n) is 11.5. The average Bonchev–Trinajstić information content (AvgIpc) is 2.93. The molecule has 1 aromatic carbocycles. The number of nitrogen functional groups attached to an aromatic ring is 1. The number of pyridine rings is 1. The number of nitro benzene ring substituents is 1. The molecule has 0 spiro atoms. The van der Waals surface area contributed by atoms with Crippen molar-refractivity contribution in [3.05, 3.63) is 50.2 Å². The molecule has 3 rings (SSSR count). The van der Waals surface area contributed by atoms with Gasteiger partial charge < -0.3 is 5.73 Å². The lowest BCUT2D eigenvalue weighted by Crippen LogP contribution is -2.03. The minimum absolute atomic E-state index is 0.0610. The molecule has 0 bridgehead atoms. The number of hydrogen-bond acceptors (Lipinski definition) is 5. The number of anilines is 1. The highest BCUT2D eigenvalue weighted by atomic mass is 35.5. The van der Waals surface area contributed by atoms with E-state index in [1.807, 2.05) is 0 Å². The Labute approximate surface area is 131 Å². The van der Waals surface area contributed by atoms with Gasteiger partial charge in [-0.2, -0.15) is 5.26 Å². The number of benzene rings is 1. The SMILES string of the molecule is N#Cc1c(N)nc2c(c1-c1ccc(Cl)c([N+](=O)[O-])c1)CCC2. The normalized spacial score (nSPS) is 12.7. The van der Waals surface area contributed by atoms with Crippen LogP contribution in [-0.4, -0.2) is 9.91 Å². The Morgan fingerprint density at radius 1 is 1.41 bits per heavy atom. The van der Waals surface area contributed by atoms with E-state index in [2.05, 4.69) is 11.1 Å². The third-order valence-electron chi connectivity index (χ3n) is 3.80. The predicted octanol–water partition coefficient (Wildman–Crippen LogP) is 3.25. The molecule has 0 fully saturated rings. The van der Waals surface area contributed by atoms with Crippen molar-refractivity contribution in [3.63, 3.8) is 0 Å². The molecule has 0 saturated heterocycles. The number of hydrogen-bond donors (Lipinski definition) is 1. The predicted molar refractivity (Wildman–Crippen MR) is 82.5 cm³/mol. The molecule has 0 amide bonds. The van der Waals surface area contributed by atoms with E-state index in [-0.39, 0.29) is 22.1 Å². The van der Waals surface area contributed by atoms with Crippen molar-refractivity contribution in [3.8, 4) is 17.2 Å². The largest absolute Gasteiger partial charge is 0.383 e. The molecule has 1 aliphatic rings. The van der Waals surface area contributed by atoms with Crippen LogP contribution in [0.1, 0.15) is 23.2 Å². The molecule has 0 saturated carbocycles. The summed E-state index contributed by atoms with van der Waals surface area (Å²) in [6, 6.07) is 6.59. The Balaban J connectivity index is 2.32. The van der Waals surface area contributed by atoms with E-state index in [9.17, 15) is 15.4 Å². The van der Waals surface area contributed by atoms with Crippen LogP contribution in [0.25, 0.3) is 11.1 Å². The number of nitro groups is 1. The molecule has 0 unspecified atom stereocenters. The lowest BCUT2D eigenvalue weighted by Gasteiger charge is -2.12. The van der Waals surface area contributed by atoms with Crippen LogP contribution in [0.4, 0.5) is 11.5 Å². The van der Waals surface area contributed by atoms with Crippen LogP contribution in [0.5, 0.6) is 0 Å². The first kappa shape index (κ1) is 14.3. The third kappa shape index (κ3) is 2.16. The van der Waals surface area contributed by atoms with Crippen LogP contribution in [0.3, 0.4) is 0 Å². The summed E-state index contributed by atoms with van der Waals surface area (Å²) in [5.74, 6) is 0.163. The maximum atomic E-state index is 11.1. The second-order valence-electron chi connectivity index (χ2n) is 5.06. The number of nitriles is 1. The Morgan fingerprint density at radius 3 is 2.86 bits per heavy atom. The van der Waals surface area contributed by atoms with Crippen molar-refractivity contribution in [2.24, 2.45) is 0 Å². The van der Waals surface area contributed by atoms with Crippen molar-refractivity contribution < 1.29 is 4.92 Å². The van der Waals surface area contributed by atoms with E-state index < -0.39 is 4.92 Å². The fourth-order valence-corrected chi connectivity index (χ4v) is 3.03. The fraction of sp³-hybridized carbons (Fsp3) is 0.200. The topological polar surface area (TPSA) is 106 Å². The van der Waals surface area contributed by atoms with Gasteiger partial charge >= 0.3 is 0 Å². The van der Waals surface area contributed by atoms with E-state index >= 15 is 0 Å². The van der Waals surface area contributed by atoms with E-state index in [1.54, 1.807) is 6.07 Å². The molecule has 1 heterocycles. The van der Waals surface area contributed by atoms with E-state index in [0.717, 1.165) is 30.5 Å². The first-order valence-corrected chi connectivity index (χ1v) is 7.06. The maximum Gasteiger partial charge on any atom is 0.288 e. The maximum absolute atomic E-state index is 11.1. The Morgan fingerprint density at radius 2 is 2.18 bits per heavy atom. The molecule has 6 nitrogen and oxygen atoms in total. The summed E-state index contributed by atoms with van der Waals surface area (Å²) in [5, 5.41) is 20.5. The van der Waals surface area contributed by atoms with Gasteiger partial charge in [0.25, 0.3) is 5.69 Å². The van der Waals surface area contributed by atoms with Crippen molar-refractivity contribution in [2.45, 2.75) is 19.3 Å². The second kappa shape index (κ2) is 5.28. The van der Waals surface area contributed by atoms with Crippen molar-refractivity contribution >= 4 is 23.1 Å². The molecule has 0 radical (unpaired) electrons. The molecular formula is C15H11ClN4O2. The summed E-state index contributed by atoms with van der Waals surface area (Å²) >= 11 is 5.86. The van der Waals surface area contributed by atoms with Crippen LogP contribution in [-0.2, 0) is 12.8 Å². The van der Waals surface area contributed by atoms with Crippen molar-refractivity contribution in [2.75, 3.05) is 5.73 Å². The van der Waals surface area contributed by atoms with E-state index in [4.69, 9.17) is 17.3 Å². The van der Waals surface area contributed by atoms with Gasteiger partial charge in [0.1, 0.15) is 22.5 Å². The molecule has 0 aliphatic heterocycles. The molecule has 1 aliphatic carbocycles. The summed E-state index contributed by atoms with van der Waals surface area (Å²) in [7, 11) is 0. The highest BCUT2D eigenvalue weighted by molar-refractivity contribution is 6.32. The van der Waals surface area contributed by atoms with Gasteiger partial charge in [-0.25, -0.2) is 4.98 Å². The Hall–Kier alpha value is -2.65. The standard InChI is InChI=1S/C15H11ClN4O2/c16-11-5-4-8(6-13(11)20(21)22)14-9-2-1-3-12(9)19-15(18)10(14)7-17/h4-6H,1-3H2,(H2,18,19). The highest BCUT2D eigenvalue weighted by Gasteiger charge is 2.24. The van der Waals surface area contributed by atoms with Crippen LogP contribution in [0.2, 0.25) is 5.02 Å². The van der Waals surface area contributed by atoms with Gasteiger partial charge in [-0.15, -0.1) is 0 Å². The monoisotopic (exact) mass is 314 g/mol. The number of nitrogens with two attached hydrogens (primary N) is 1. The molecular weight excluding hydrogens is 304 g/mol. The lowest BCUT2D eigenvalue weighted by atomic mass is 9.94. The van der Waals surface area contributed by atoms with Crippen LogP contribution in [0.15, 0.2) is 18.2 Å². The zero-order chi connectivity index (χ0) is 15.9. The number of halogens is 1. The zero-order valence-corrected chi connectivity index (χ0v) is 12.2. The van der Waals surface area contributed by atoms with Gasteiger partial charge in [0.2, 0.25) is 0 Å². The minimum Gasteiger partial charge on any atom is -0.383 e. The van der Waals surface area contributed by atoms with Crippen molar-refractivity contribution in [1.29, 1.82) is 5.26 Å². The van der Waals surface area contributed by atoms with Gasteiger partial charge in [0.15, 0.2) is 0 Å². The fourth-order valence-electron chi connectivity index (χ4n) is 2.84. The lowest BCUT2D eigenvalue weighted by molar-refractivity contribution is -0.384. The minimum atomic E-state index is -0.539. The number of nitrogens with zero attached hydrogens (tertiary/aromatic N) is 3. The summed E-state index contributed by atoms with van der Waals surface area (Å²) < 4.78 is 0. The first-order valence-electron chi connectivity index (χ1n) is 6.68. The molecule has 2 aromatic rings. The quantitative estimate of drug-likeness (QED) is 0.676. The summed E-state index contributed by atoms with van der Waals surface area (Å²) in [6.07, 6.45) is 2.51. The second-order valence-corrected chi connectivity index (χ2v) is 5.47. The van der Waals surface area contributed by atoms with Gasteiger partial charge in [-0.3, -0.25) is 10.1 Å². The average molecular weight is 315 g/mol. The number of aryl methyl sites for hydroxylation is 1. The third-order valence-corrected chi connectivity index (χ3v) is 4.11. The van der Waals surface area contributed by atoms with Gasteiger partial charge in [0.05, 0.1) is 4.92 Å². The Bertz CT molecular complexity index is 842. The molecule has 22 heavy (non-hydrogen) atoms. The van der Waals surface area contributed by atoms with Crippen LogP contribution >= 0.6 is 11.6 Å². The summed E-state index contributed by atoms with van der Waals surface area (Å²) in [6.45, 7) is 0. The number of fused-ring (bicyclic) bond motifs is 1. The van der Waals surface area contributed by atoms with Crippen molar-refractivity contribution in [1.82, 2.24) is 4.98 Å². The summed E-state index contributed by atoms with van der Waals surface area (Å²) in [4.78, 5) is 14.8. The Kier molecular flexibility index (Phi) is 3.43. The number of rotatable bonds is 2. The molecule has 1 aromatic heterocycles. The van der Waals surface area contributed by atoms with Gasteiger partial charge in [0, 0.05) is 17.3 Å². The van der Waals surface area contributed by atoms with Gasteiger partial charge in [-0.05, 0) is 36.5 Å². The highest BCUT2D eigenvalue weighted by Crippen LogP contribution is 2.39. The van der Waals surface area contributed by atoms with Crippen LogP contribution in [0, 0.1) is 21.4 Å². The first-order chi connectivity index (χ1) is 10.5. The summed E-state index contributed by atoms with van der Waals surface area (Å²) in [5.41, 5.74) is 8.97. The van der Waals surface area contributed by atoms with Gasteiger partial charge in [-0.1, -0.05) is 17.7 Å². The van der Waals surface area contributed by atoms with E-state index in [1.165, 1.54) is 12.1 Å². The molecule has 0 atom stereocenters. The molecule has 7 heteroatoms. The number of aromatic nitrogens is 1. The molecule has 2 N–H and O–H groups in total. The van der Waals surface area contributed by atoms with E-state index in [0.29, 0.717) is 11.1 Å². The molecule has 110 valence electrons. The van der Waals surface area contributed by atoms with Crippen LogP contribution < -0.4 is 5.73 Å².